The number of benzene rings is 3. The van der Waals surface area contributed by atoms with Gasteiger partial charge < -0.3 is 20.1 Å². The van der Waals surface area contributed by atoms with Crippen LogP contribution in [0.4, 0.5) is 11.4 Å². The van der Waals surface area contributed by atoms with Crippen molar-refractivity contribution in [1.29, 1.82) is 0 Å². The van der Waals surface area contributed by atoms with Gasteiger partial charge in [0, 0.05) is 23.4 Å². The number of methoxy groups -OCH3 is 2. The Labute approximate surface area is 187 Å². The van der Waals surface area contributed by atoms with Gasteiger partial charge in [-0.25, -0.2) is 4.79 Å². The van der Waals surface area contributed by atoms with Crippen molar-refractivity contribution in [1.82, 2.24) is 0 Å². The first-order valence-electron chi connectivity index (χ1n) is 10.1. The highest BCUT2D eigenvalue weighted by Gasteiger charge is 2.43. The first kappa shape index (κ1) is 22.6. The van der Waals surface area contributed by atoms with Crippen molar-refractivity contribution in [3.05, 3.63) is 103 Å². The summed E-state index contributed by atoms with van der Waals surface area (Å²) in [5.41, 5.74) is 0.817. The second-order valence-corrected chi connectivity index (χ2v) is 7.22. The van der Waals surface area contributed by atoms with Gasteiger partial charge in [-0.1, -0.05) is 55.1 Å². The topological polar surface area (TPSA) is 76.7 Å². The molecule has 0 spiro atoms. The summed E-state index contributed by atoms with van der Waals surface area (Å²) in [6.07, 6.45) is -0.00557. The lowest BCUT2D eigenvalue weighted by Gasteiger charge is -2.34. The Morgan fingerprint density at radius 3 is 2.00 bits per heavy atom. The van der Waals surface area contributed by atoms with E-state index in [1.54, 1.807) is 43.5 Å². The number of carbonyl (C=O) groups is 2. The molecule has 3 aromatic rings. The Balaban J connectivity index is 1.97. The van der Waals surface area contributed by atoms with Crippen LogP contribution in [0, 0.1) is 0 Å². The average molecular weight is 431 g/mol. The molecular formula is C26H26N2O4. The van der Waals surface area contributed by atoms with E-state index in [1.807, 2.05) is 48.5 Å². The standard InChI is InChI=1S/C26H26N2O4/c1-19(24(29)27-21-12-8-5-9-13-21)18-26(25(30)32-3,20-10-6-4-7-11-20)28-22-14-16-23(31-2)17-15-22/h4-17,28H,1,18H2,2-3H3,(H,27,29). The van der Waals surface area contributed by atoms with Crippen molar-refractivity contribution in [2.24, 2.45) is 0 Å². The predicted octanol–water partition coefficient (Wildman–Crippen LogP) is 4.76. The molecule has 0 aromatic heterocycles. The zero-order valence-corrected chi connectivity index (χ0v) is 18.1. The van der Waals surface area contributed by atoms with Crippen LogP contribution in [0.5, 0.6) is 5.75 Å². The molecule has 0 aliphatic carbocycles. The number of ether oxygens (including phenoxy) is 2. The Hall–Kier alpha value is -4.06. The fourth-order valence-electron chi connectivity index (χ4n) is 3.42. The molecule has 0 fully saturated rings. The second-order valence-electron chi connectivity index (χ2n) is 7.22. The minimum Gasteiger partial charge on any atom is -0.497 e. The number of esters is 1. The largest absolute Gasteiger partial charge is 0.497 e. The van der Waals surface area contributed by atoms with Gasteiger partial charge in [0.1, 0.15) is 5.75 Å². The number of para-hydroxylation sites is 1. The van der Waals surface area contributed by atoms with E-state index < -0.39 is 11.5 Å². The number of hydrogen-bond acceptors (Lipinski definition) is 5. The molecule has 3 aromatic carbocycles. The number of hydrogen-bond donors (Lipinski definition) is 2. The van der Waals surface area contributed by atoms with Crippen molar-refractivity contribution in [2.75, 3.05) is 24.9 Å². The van der Waals surface area contributed by atoms with E-state index in [-0.39, 0.29) is 17.9 Å². The van der Waals surface area contributed by atoms with E-state index in [0.717, 1.165) is 0 Å². The quantitative estimate of drug-likeness (QED) is 0.378. The van der Waals surface area contributed by atoms with E-state index in [4.69, 9.17) is 9.47 Å². The number of rotatable bonds is 9. The lowest BCUT2D eigenvalue weighted by Crippen LogP contribution is -2.45. The van der Waals surface area contributed by atoms with E-state index in [0.29, 0.717) is 22.7 Å². The summed E-state index contributed by atoms with van der Waals surface area (Å²) in [6, 6.07) is 25.4. The Morgan fingerprint density at radius 1 is 0.844 bits per heavy atom. The molecule has 0 aliphatic rings. The van der Waals surface area contributed by atoms with Crippen LogP contribution in [-0.4, -0.2) is 26.1 Å². The van der Waals surface area contributed by atoms with Crippen LogP contribution in [-0.2, 0) is 19.9 Å². The summed E-state index contributed by atoms with van der Waals surface area (Å²) >= 11 is 0. The number of carbonyl (C=O) groups excluding carboxylic acids is 2. The average Bonchev–Trinajstić information content (AvgIpc) is 2.84. The molecular weight excluding hydrogens is 404 g/mol. The van der Waals surface area contributed by atoms with Crippen LogP contribution in [0.1, 0.15) is 12.0 Å². The summed E-state index contributed by atoms with van der Waals surface area (Å²) in [4.78, 5) is 26.1. The van der Waals surface area contributed by atoms with Gasteiger partial charge in [-0.05, 0) is 42.0 Å². The molecule has 0 radical (unpaired) electrons. The highest BCUT2D eigenvalue weighted by molar-refractivity contribution is 6.04. The highest BCUT2D eigenvalue weighted by atomic mass is 16.5. The van der Waals surface area contributed by atoms with Crippen LogP contribution in [0.3, 0.4) is 0 Å². The number of nitrogens with one attached hydrogen (secondary N) is 2. The molecule has 0 saturated heterocycles. The number of amides is 1. The smallest absolute Gasteiger partial charge is 0.336 e. The highest BCUT2D eigenvalue weighted by Crippen LogP contribution is 2.35. The molecule has 0 aliphatic heterocycles. The summed E-state index contributed by atoms with van der Waals surface area (Å²) in [5.74, 6) is -0.226. The molecule has 2 N–H and O–H groups in total. The molecule has 3 rings (SSSR count). The first-order valence-corrected chi connectivity index (χ1v) is 10.1. The van der Waals surface area contributed by atoms with Crippen LogP contribution in [0.2, 0.25) is 0 Å². The molecule has 0 bridgehead atoms. The molecule has 1 unspecified atom stereocenters. The third kappa shape index (κ3) is 5.16. The molecule has 1 atom stereocenters. The SMILES string of the molecule is C=C(CC(Nc1ccc(OC)cc1)(C(=O)OC)c1ccccc1)C(=O)Nc1ccccc1. The van der Waals surface area contributed by atoms with Crippen molar-refractivity contribution < 1.29 is 19.1 Å². The third-order valence-electron chi connectivity index (χ3n) is 5.08. The van der Waals surface area contributed by atoms with E-state index in [1.165, 1.54) is 7.11 Å². The normalized spacial score (nSPS) is 12.2. The lowest BCUT2D eigenvalue weighted by atomic mass is 9.83. The van der Waals surface area contributed by atoms with Crippen molar-refractivity contribution in [3.63, 3.8) is 0 Å². The van der Waals surface area contributed by atoms with Gasteiger partial charge in [0.25, 0.3) is 5.91 Å². The molecule has 1 amide bonds. The van der Waals surface area contributed by atoms with E-state index in [9.17, 15) is 9.59 Å². The zero-order chi connectivity index (χ0) is 23.0. The molecule has 32 heavy (non-hydrogen) atoms. The first-order chi connectivity index (χ1) is 15.5. The Bertz CT molecular complexity index is 1070. The zero-order valence-electron chi connectivity index (χ0n) is 18.1. The van der Waals surface area contributed by atoms with Gasteiger partial charge >= 0.3 is 5.97 Å². The summed E-state index contributed by atoms with van der Waals surface area (Å²) in [7, 11) is 2.91. The van der Waals surface area contributed by atoms with Gasteiger partial charge in [0.2, 0.25) is 0 Å². The molecule has 0 saturated carbocycles. The third-order valence-corrected chi connectivity index (χ3v) is 5.08. The van der Waals surface area contributed by atoms with Gasteiger partial charge in [0.15, 0.2) is 5.54 Å². The molecule has 6 nitrogen and oxygen atoms in total. The van der Waals surface area contributed by atoms with Gasteiger partial charge in [-0.3, -0.25) is 4.79 Å². The van der Waals surface area contributed by atoms with Crippen LogP contribution in [0.15, 0.2) is 97.1 Å². The van der Waals surface area contributed by atoms with E-state index >= 15 is 0 Å². The monoisotopic (exact) mass is 430 g/mol. The van der Waals surface area contributed by atoms with Crippen LogP contribution < -0.4 is 15.4 Å². The van der Waals surface area contributed by atoms with E-state index in [2.05, 4.69) is 17.2 Å². The summed E-state index contributed by atoms with van der Waals surface area (Å²) in [5, 5.41) is 6.11. The maximum atomic E-state index is 13.2. The second kappa shape index (κ2) is 10.3. The van der Waals surface area contributed by atoms with Crippen molar-refractivity contribution >= 4 is 23.3 Å². The minimum absolute atomic E-state index is 0.00557. The van der Waals surface area contributed by atoms with Crippen LogP contribution in [0.25, 0.3) is 0 Å². The molecule has 164 valence electrons. The fourth-order valence-corrected chi connectivity index (χ4v) is 3.42. The van der Waals surface area contributed by atoms with Gasteiger partial charge in [-0.2, -0.15) is 0 Å². The molecule has 0 heterocycles. The van der Waals surface area contributed by atoms with Gasteiger partial charge in [-0.15, -0.1) is 0 Å². The fraction of sp³-hybridized carbons (Fsp3) is 0.154. The minimum atomic E-state index is -1.37. The predicted molar refractivity (Wildman–Crippen MR) is 126 cm³/mol. The Kier molecular flexibility index (Phi) is 7.29. The maximum Gasteiger partial charge on any atom is 0.336 e. The van der Waals surface area contributed by atoms with Crippen LogP contribution >= 0.6 is 0 Å². The maximum absolute atomic E-state index is 13.2. The van der Waals surface area contributed by atoms with Crippen molar-refractivity contribution in [3.8, 4) is 5.75 Å². The summed E-state index contributed by atoms with van der Waals surface area (Å²) in [6.45, 7) is 3.97. The van der Waals surface area contributed by atoms with Gasteiger partial charge in [0.05, 0.1) is 14.2 Å². The van der Waals surface area contributed by atoms with Crippen molar-refractivity contribution in [2.45, 2.75) is 12.0 Å². The number of anilines is 2. The molecule has 6 heteroatoms. The summed E-state index contributed by atoms with van der Waals surface area (Å²) < 4.78 is 10.4. The lowest BCUT2D eigenvalue weighted by molar-refractivity contribution is -0.146. The Morgan fingerprint density at radius 2 is 1.44 bits per heavy atom.